The van der Waals surface area contributed by atoms with E-state index in [1.165, 1.54) is 0 Å². The standard InChI is InChI=1S/C53H41N3O6S2/c1-27-19-35(20-27)62-43-18-16-32(49-47(43)39(53(59)60)24-41(56-49)51-30(4)37-10-6-8-12-45(37)64-51)21-31-14-15-33(34(22-31)25-54)26-61-42-17-13-28(2)48-46(42)38(52(57)58)23-40(55-48)50-29(3)36-9-5-7-11-44(36)63-50/h5-18,22-24,27,35H,19-21,26H2,1-4H3,(H,57,58)(H,59,60). The average Bonchev–Trinajstić information content (AvgIpc) is 3.81. The van der Waals surface area contributed by atoms with E-state index in [2.05, 4.69) is 37.3 Å². The van der Waals surface area contributed by atoms with E-state index < -0.39 is 11.9 Å². The zero-order valence-corrected chi connectivity index (χ0v) is 37.1. The van der Waals surface area contributed by atoms with E-state index in [1.807, 2.05) is 81.4 Å². The topological polar surface area (TPSA) is 143 Å². The van der Waals surface area contributed by atoms with Gasteiger partial charge >= 0.3 is 11.9 Å². The van der Waals surface area contributed by atoms with Gasteiger partial charge in [-0.15, -0.1) is 22.7 Å². The first kappa shape index (κ1) is 40.9. The molecule has 316 valence electrons. The zero-order chi connectivity index (χ0) is 44.4. The Hall–Kier alpha value is -7.13. The van der Waals surface area contributed by atoms with Crippen LogP contribution >= 0.6 is 22.7 Å². The maximum absolute atomic E-state index is 13.1. The number of fused-ring (bicyclic) bond motifs is 4. The summed E-state index contributed by atoms with van der Waals surface area (Å²) < 4.78 is 15.1. The molecule has 4 heterocycles. The number of aryl methyl sites for hydroxylation is 3. The second kappa shape index (κ2) is 16.2. The van der Waals surface area contributed by atoms with Crippen LogP contribution in [-0.4, -0.2) is 38.2 Å². The Morgan fingerprint density at radius 3 is 1.86 bits per heavy atom. The summed E-state index contributed by atoms with van der Waals surface area (Å²) in [6, 6.07) is 34.9. The second-order valence-corrected chi connectivity index (χ2v) is 18.9. The predicted octanol–water partition coefficient (Wildman–Crippen LogP) is 13.1. The third-order valence-corrected chi connectivity index (χ3v) is 15.0. The van der Waals surface area contributed by atoms with Crippen molar-refractivity contribution in [3.05, 3.63) is 153 Å². The molecule has 9 nitrogen and oxygen atoms in total. The molecule has 0 aliphatic heterocycles. The molecule has 9 aromatic rings. The van der Waals surface area contributed by atoms with Crippen LogP contribution in [0.3, 0.4) is 0 Å². The number of nitrogens with zero attached hydrogens (tertiary/aromatic N) is 3. The molecule has 10 rings (SSSR count). The van der Waals surface area contributed by atoms with Crippen LogP contribution in [0.2, 0.25) is 0 Å². The molecular formula is C53H41N3O6S2. The van der Waals surface area contributed by atoms with Crippen LogP contribution in [0.1, 0.15) is 79.4 Å². The highest BCUT2D eigenvalue weighted by molar-refractivity contribution is 7.22. The molecule has 0 amide bonds. The summed E-state index contributed by atoms with van der Waals surface area (Å²) in [6.07, 6.45) is 2.17. The number of ether oxygens (including phenoxy) is 2. The highest BCUT2D eigenvalue weighted by Crippen LogP contribution is 2.43. The fraction of sp³-hybridized carbons (Fsp3) is 0.189. The Bertz CT molecular complexity index is 3450. The number of pyridine rings is 2. The van der Waals surface area contributed by atoms with E-state index in [4.69, 9.17) is 19.4 Å². The number of hydrogen-bond acceptors (Lipinski definition) is 9. The third-order valence-electron chi connectivity index (χ3n) is 12.4. The first-order valence-corrected chi connectivity index (χ1v) is 22.7. The summed E-state index contributed by atoms with van der Waals surface area (Å²) in [7, 11) is 0. The van der Waals surface area contributed by atoms with E-state index in [0.717, 1.165) is 70.6 Å². The molecule has 5 aromatic carbocycles. The molecule has 0 atom stereocenters. The minimum Gasteiger partial charge on any atom is -0.490 e. The summed E-state index contributed by atoms with van der Waals surface area (Å²) >= 11 is 3.18. The zero-order valence-electron chi connectivity index (χ0n) is 35.5. The van der Waals surface area contributed by atoms with Gasteiger partial charge in [-0.25, -0.2) is 19.6 Å². The van der Waals surface area contributed by atoms with Gasteiger partial charge in [0.05, 0.1) is 71.8 Å². The van der Waals surface area contributed by atoms with Gasteiger partial charge in [-0.1, -0.05) is 67.6 Å². The number of hydrogen-bond donors (Lipinski definition) is 2. The Morgan fingerprint density at radius 1 is 0.719 bits per heavy atom. The van der Waals surface area contributed by atoms with Gasteiger partial charge in [0.15, 0.2) is 0 Å². The van der Waals surface area contributed by atoms with Gasteiger partial charge in [-0.2, -0.15) is 5.26 Å². The smallest absolute Gasteiger partial charge is 0.336 e. The molecule has 64 heavy (non-hydrogen) atoms. The molecule has 0 unspecified atom stereocenters. The number of rotatable bonds is 11. The SMILES string of the molecule is Cc1c(-c2cc(C(=O)O)c3c(OCc4ccc(Cc5ccc(OC6CC(C)C6)c6c(C(=O)O)cc(-c7sc8ccccc8c7C)nc56)cc4C#N)ccc(C)c3n2)sc2ccccc12. The van der Waals surface area contributed by atoms with Crippen molar-refractivity contribution in [2.45, 2.75) is 59.7 Å². The van der Waals surface area contributed by atoms with E-state index in [-0.39, 0.29) is 23.8 Å². The van der Waals surface area contributed by atoms with Gasteiger partial charge < -0.3 is 19.7 Å². The van der Waals surface area contributed by atoms with Gasteiger partial charge in [0.1, 0.15) is 18.1 Å². The molecule has 1 fully saturated rings. The number of carbonyl (C=O) groups is 2. The summed E-state index contributed by atoms with van der Waals surface area (Å²) in [5, 5.41) is 34.8. The Labute approximate surface area is 376 Å². The normalized spacial score (nSPS) is 14.8. The summed E-state index contributed by atoms with van der Waals surface area (Å²) in [5.41, 5.74) is 8.02. The van der Waals surface area contributed by atoms with Crippen molar-refractivity contribution in [1.29, 1.82) is 5.26 Å². The van der Waals surface area contributed by atoms with Crippen molar-refractivity contribution in [2.24, 2.45) is 5.92 Å². The van der Waals surface area contributed by atoms with E-state index >= 15 is 0 Å². The van der Waals surface area contributed by atoms with Gasteiger partial charge in [-0.05, 0) is 127 Å². The van der Waals surface area contributed by atoms with Crippen LogP contribution in [0.25, 0.3) is 63.1 Å². The van der Waals surface area contributed by atoms with E-state index in [9.17, 15) is 25.1 Å². The van der Waals surface area contributed by atoms with Crippen LogP contribution in [0, 0.1) is 38.0 Å². The van der Waals surface area contributed by atoms with Crippen LogP contribution < -0.4 is 9.47 Å². The molecule has 2 N–H and O–H groups in total. The lowest BCUT2D eigenvalue weighted by atomic mass is 9.84. The number of carboxylic acid groups (broad SMARTS) is 2. The monoisotopic (exact) mass is 879 g/mol. The van der Waals surface area contributed by atoms with Crippen molar-refractivity contribution >= 4 is 76.6 Å². The molecule has 0 bridgehead atoms. The molecule has 0 radical (unpaired) electrons. The quantitative estimate of drug-likeness (QED) is 0.130. The summed E-state index contributed by atoms with van der Waals surface area (Å²) in [5.74, 6) is -0.753. The fourth-order valence-electron chi connectivity index (χ4n) is 9.02. The number of nitriles is 1. The number of thiophene rings is 2. The van der Waals surface area contributed by atoms with Crippen LogP contribution in [0.4, 0.5) is 0 Å². The Balaban J connectivity index is 0.998. The van der Waals surface area contributed by atoms with Gasteiger partial charge in [0, 0.05) is 15.0 Å². The third kappa shape index (κ3) is 7.18. The highest BCUT2D eigenvalue weighted by atomic mass is 32.1. The molecule has 0 saturated heterocycles. The molecule has 0 spiro atoms. The Kier molecular flexibility index (Phi) is 10.4. The van der Waals surface area contributed by atoms with Crippen LogP contribution in [-0.2, 0) is 13.0 Å². The van der Waals surface area contributed by atoms with Crippen molar-refractivity contribution in [3.63, 3.8) is 0 Å². The van der Waals surface area contributed by atoms with E-state index in [1.54, 1.807) is 40.9 Å². The Morgan fingerprint density at radius 2 is 1.28 bits per heavy atom. The number of carboxylic acids is 2. The minimum atomic E-state index is -1.09. The lowest BCUT2D eigenvalue weighted by Gasteiger charge is -2.33. The van der Waals surface area contributed by atoms with Crippen molar-refractivity contribution in [1.82, 2.24) is 9.97 Å². The molecule has 1 aliphatic rings. The number of aromatic carboxylic acids is 2. The van der Waals surface area contributed by atoms with Crippen molar-refractivity contribution in [2.75, 3.05) is 0 Å². The molecule has 1 saturated carbocycles. The van der Waals surface area contributed by atoms with Crippen molar-refractivity contribution < 1.29 is 29.3 Å². The summed E-state index contributed by atoms with van der Waals surface area (Å²) in [4.78, 5) is 38.0. The maximum Gasteiger partial charge on any atom is 0.336 e. The first-order chi connectivity index (χ1) is 30.9. The lowest BCUT2D eigenvalue weighted by molar-refractivity contribution is 0.0684. The maximum atomic E-state index is 13.1. The fourth-order valence-corrected chi connectivity index (χ4v) is 11.4. The van der Waals surface area contributed by atoms with Gasteiger partial charge in [-0.3, -0.25) is 0 Å². The van der Waals surface area contributed by atoms with Crippen LogP contribution in [0.5, 0.6) is 11.5 Å². The van der Waals surface area contributed by atoms with E-state index in [0.29, 0.717) is 68.2 Å². The average molecular weight is 880 g/mol. The first-order valence-electron chi connectivity index (χ1n) is 21.1. The number of benzene rings is 5. The van der Waals surface area contributed by atoms with Crippen LogP contribution in [0.15, 0.2) is 103 Å². The molecular weight excluding hydrogens is 839 g/mol. The lowest BCUT2D eigenvalue weighted by Crippen LogP contribution is -2.32. The second-order valence-electron chi connectivity index (χ2n) is 16.8. The van der Waals surface area contributed by atoms with Gasteiger partial charge in [0.25, 0.3) is 0 Å². The molecule has 11 heteroatoms. The molecule has 4 aromatic heterocycles. The largest absolute Gasteiger partial charge is 0.490 e. The molecule has 1 aliphatic carbocycles. The van der Waals surface area contributed by atoms with Gasteiger partial charge in [0.2, 0.25) is 0 Å². The number of aromatic nitrogens is 2. The minimum absolute atomic E-state index is 0.00180. The highest BCUT2D eigenvalue weighted by Gasteiger charge is 2.30. The predicted molar refractivity (Wildman–Crippen MR) is 254 cm³/mol. The van der Waals surface area contributed by atoms with Crippen molar-refractivity contribution in [3.8, 4) is 38.7 Å². The summed E-state index contributed by atoms with van der Waals surface area (Å²) in [6.45, 7) is 8.17.